The van der Waals surface area contributed by atoms with Crippen LogP contribution < -0.4 is 10.6 Å². The first kappa shape index (κ1) is 13.4. The molecular weight excluding hydrogens is 244 g/mol. The molecule has 2 amide bonds. The Hall–Kier alpha value is -2.04. The molecule has 0 radical (unpaired) electrons. The van der Waals surface area contributed by atoms with Crippen LogP contribution in [-0.2, 0) is 4.79 Å². The number of anilines is 1. The summed E-state index contributed by atoms with van der Waals surface area (Å²) in [6.45, 7) is 0.415. The Bertz CT molecular complexity index is 455. The summed E-state index contributed by atoms with van der Waals surface area (Å²) < 4.78 is 0. The van der Waals surface area contributed by atoms with E-state index in [1.165, 1.54) is 0 Å². The average Bonchev–Trinajstić information content (AvgIpc) is 2.33. The Labute approximate surface area is 112 Å². The molecule has 1 saturated carbocycles. The van der Waals surface area contributed by atoms with E-state index in [0.29, 0.717) is 6.54 Å². The molecule has 0 aliphatic heterocycles. The van der Waals surface area contributed by atoms with Gasteiger partial charge in [-0.2, -0.15) is 0 Å². The van der Waals surface area contributed by atoms with Crippen LogP contribution in [0.3, 0.4) is 0 Å². The van der Waals surface area contributed by atoms with Gasteiger partial charge in [0.25, 0.3) is 0 Å². The van der Waals surface area contributed by atoms with Gasteiger partial charge in [0.1, 0.15) is 0 Å². The number of para-hydroxylation sites is 1. The number of aliphatic carboxylic acids is 1. The van der Waals surface area contributed by atoms with Crippen LogP contribution in [0.1, 0.15) is 25.7 Å². The molecule has 102 valence electrons. The molecule has 0 bridgehead atoms. The van der Waals surface area contributed by atoms with E-state index in [9.17, 15) is 9.59 Å². The fourth-order valence-electron chi connectivity index (χ4n) is 2.38. The molecule has 0 atom stereocenters. The van der Waals surface area contributed by atoms with E-state index in [2.05, 4.69) is 10.6 Å². The summed E-state index contributed by atoms with van der Waals surface area (Å²) in [5.41, 5.74) is 0.473. The van der Waals surface area contributed by atoms with E-state index in [1.54, 1.807) is 12.1 Å². The van der Waals surface area contributed by atoms with Crippen LogP contribution in [0.25, 0.3) is 0 Å². The molecule has 5 nitrogen and oxygen atoms in total. The Balaban J connectivity index is 1.81. The van der Waals surface area contributed by atoms with Crippen LogP contribution in [0.5, 0.6) is 0 Å². The summed E-state index contributed by atoms with van der Waals surface area (Å²) in [4.78, 5) is 22.5. The van der Waals surface area contributed by atoms with Crippen LogP contribution in [-0.4, -0.2) is 23.7 Å². The second kappa shape index (κ2) is 5.73. The van der Waals surface area contributed by atoms with Gasteiger partial charge in [0.15, 0.2) is 0 Å². The smallest absolute Gasteiger partial charge is 0.319 e. The second-order valence-electron chi connectivity index (χ2n) is 5.10. The number of nitrogens with one attached hydrogen (secondary N) is 2. The summed E-state index contributed by atoms with van der Waals surface area (Å²) >= 11 is 0. The maximum absolute atomic E-state index is 11.7. The monoisotopic (exact) mass is 262 g/mol. The number of benzene rings is 1. The van der Waals surface area contributed by atoms with Gasteiger partial charge in [0.05, 0.1) is 6.42 Å². The molecule has 0 spiro atoms. The third-order valence-electron chi connectivity index (χ3n) is 3.60. The maximum atomic E-state index is 11.7. The van der Waals surface area contributed by atoms with Crippen LogP contribution >= 0.6 is 0 Å². The Morgan fingerprint density at radius 1 is 1.21 bits per heavy atom. The molecule has 1 aliphatic rings. The van der Waals surface area contributed by atoms with Crippen molar-refractivity contribution in [2.75, 3.05) is 11.9 Å². The summed E-state index contributed by atoms with van der Waals surface area (Å²) in [5.74, 6) is -0.801. The summed E-state index contributed by atoms with van der Waals surface area (Å²) in [5, 5.41) is 14.4. The summed E-state index contributed by atoms with van der Waals surface area (Å²) in [6, 6.07) is 8.87. The van der Waals surface area contributed by atoms with Gasteiger partial charge < -0.3 is 15.7 Å². The van der Waals surface area contributed by atoms with E-state index in [4.69, 9.17) is 5.11 Å². The highest BCUT2D eigenvalue weighted by Gasteiger charge is 2.39. The number of carbonyl (C=O) groups is 2. The zero-order valence-electron chi connectivity index (χ0n) is 10.7. The molecular formula is C14H18N2O3. The fraction of sp³-hybridized carbons (Fsp3) is 0.429. The normalized spacial score (nSPS) is 16.2. The lowest BCUT2D eigenvalue weighted by Crippen LogP contribution is -2.44. The number of urea groups is 1. The van der Waals surface area contributed by atoms with Crippen molar-refractivity contribution in [1.82, 2.24) is 5.32 Å². The average molecular weight is 262 g/mol. The van der Waals surface area contributed by atoms with E-state index in [1.807, 2.05) is 18.2 Å². The number of hydrogen-bond donors (Lipinski definition) is 3. The highest BCUT2D eigenvalue weighted by molar-refractivity contribution is 5.89. The quantitative estimate of drug-likeness (QED) is 0.762. The number of carboxylic acid groups (broad SMARTS) is 1. The third-order valence-corrected chi connectivity index (χ3v) is 3.60. The van der Waals surface area contributed by atoms with Crippen LogP contribution in [0.15, 0.2) is 30.3 Å². The highest BCUT2D eigenvalue weighted by Crippen LogP contribution is 2.43. The van der Waals surface area contributed by atoms with Gasteiger partial charge in [-0.1, -0.05) is 24.6 Å². The topological polar surface area (TPSA) is 78.4 Å². The Morgan fingerprint density at radius 3 is 2.42 bits per heavy atom. The molecule has 1 aromatic rings. The summed E-state index contributed by atoms with van der Waals surface area (Å²) in [6.07, 6.45) is 2.89. The van der Waals surface area contributed by atoms with Crippen LogP contribution in [0, 0.1) is 5.41 Å². The van der Waals surface area contributed by atoms with Crippen molar-refractivity contribution >= 4 is 17.7 Å². The molecule has 19 heavy (non-hydrogen) atoms. The Kier molecular flexibility index (Phi) is 4.04. The predicted octanol–water partition coefficient (Wildman–Crippen LogP) is 2.45. The first-order valence-corrected chi connectivity index (χ1v) is 6.41. The SMILES string of the molecule is O=C(O)CC1(CNC(=O)Nc2ccccc2)CCC1. The first-order chi connectivity index (χ1) is 9.10. The van der Waals surface area contributed by atoms with Crippen molar-refractivity contribution in [2.24, 2.45) is 5.41 Å². The minimum atomic E-state index is -0.801. The summed E-state index contributed by atoms with van der Waals surface area (Å²) in [7, 11) is 0. The van der Waals surface area contributed by atoms with Crippen molar-refractivity contribution in [1.29, 1.82) is 0 Å². The molecule has 0 heterocycles. The lowest BCUT2D eigenvalue weighted by Gasteiger charge is -2.40. The lowest BCUT2D eigenvalue weighted by atomic mass is 9.66. The molecule has 0 unspecified atom stereocenters. The van der Waals surface area contributed by atoms with E-state index >= 15 is 0 Å². The first-order valence-electron chi connectivity index (χ1n) is 6.41. The molecule has 1 aromatic carbocycles. The van der Waals surface area contributed by atoms with Crippen molar-refractivity contribution in [3.8, 4) is 0 Å². The third kappa shape index (κ3) is 3.71. The molecule has 2 rings (SSSR count). The number of carboxylic acids is 1. The van der Waals surface area contributed by atoms with Gasteiger partial charge >= 0.3 is 12.0 Å². The molecule has 0 saturated heterocycles. The van der Waals surface area contributed by atoms with Crippen molar-refractivity contribution in [3.05, 3.63) is 30.3 Å². The molecule has 0 aromatic heterocycles. The molecule has 5 heteroatoms. The number of hydrogen-bond acceptors (Lipinski definition) is 2. The predicted molar refractivity (Wildman–Crippen MR) is 72.0 cm³/mol. The molecule has 1 aliphatic carbocycles. The van der Waals surface area contributed by atoms with Gasteiger partial charge in [-0.25, -0.2) is 4.79 Å². The van der Waals surface area contributed by atoms with Crippen LogP contribution in [0.4, 0.5) is 10.5 Å². The van der Waals surface area contributed by atoms with Gasteiger partial charge in [-0.3, -0.25) is 4.79 Å². The number of amides is 2. The van der Waals surface area contributed by atoms with Gasteiger partial charge in [-0.15, -0.1) is 0 Å². The zero-order valence-corrected chi connectivity index (χ0v) is 10.7. The lowest BCUT2D eigenvalue weighted by molar-refractivity contribution is -0.141. The van der Waals surface area contributed by atoms with Crippen molar-refractivity contribution in [3.63, 3.8) is 0 Å². The van der Waals surface area contributed by atoms with Gasteiger partial charge in [-0.05, 0) is 30.4 Å². The number of rotatable bonds is 5. The second-order valence-corrected chi connectivity index (χ2v) is 5.10. The zero-order chi connectivity index (χ0) is 13.7. The minimum absolute atomic E-state index is 0.124. The Morgan fingerprint density at radius 2 is 1.89 bits per heavy atom. The maximum Gasteiger partial charge on any atom is 0.319 e. The number of carbonyl (C=O) groups excluding carboxylic acids is 1. The van der Waals surface area contributed by atoms with Gasteiger partial charge in [0.2, 0.25) is 0 Å². The standard InChI is InChI=1S/C14H18N2O3/c17-12(18)9-14(7-4-8-14)10-15-13(19)16-11-5-2-1-3-6-11/h1-3,5-6H,4,7-10H2,(H,17,18)(H2,15,16,19). The molecule has 3 N–H and O–H groups in total. The van der Waals surface area contributed by atoms with Crippen molar-refractivity contribution < 1.29 is 14.7 Å². The van der Waals surface area contributed by atoms with Crippen LogP contribution in [0.2, 0.25) is 0 Å². The van der Waals surface area contributed by atoms with E-state index in [0.717, 1.165) is 24.9 Å². The van der Waals surface area contributed by atoms with E-state index < -0.39 is 5.97 Å². The van der Waals surface area contributed by atoms with Gasteiger partial charge in [0, 0.05) is 12.2 Å². The van der Waals surface area contributed by atoms with E-state index in [-0.39, 0.29) is 17.9 Å². The largest absolute Gasteiger partial charge is 0.481 e. The highest BCUT2D eigenvalue weighted by atomic mass is 16.4. The van der Waals surface area contributed by atoms with Crippen molar-refractivity contribution in [2.45, 2.75) is 25.7 Å². The molecule has 1 fully saturated rings. The fourth-order valence-corrected chi connectivity index (χ4v) is 2.38. The minimum Gasteiger partial charge on any atom is -0.481 e.